The first-order valence-electron chi connectivity index (χ1n) is 8.61. The molecule has 1 amide bonds. The van der Waals surface area contributed by atoms with Crippen LogP contribution in [0.5, 0.6) is 11.5 Å². The zero-order valence-corrected chi connectivity index (χ0v) is 14.1. The Kier molecular flexibility index (Phi) is 5.36. The van der Waals surface area contributed by atoms with E-state index in [2.05, 4.69) is 5.32 Å². The van der Waals surface area contributed by atoms with E-state index < -0.39 is 0 Å². The molecule has 1 heterocycles. The predicted molar refractivity (Wildman–Crippen MR) is 96.5 cm³/mol. The SMILES string of the molecule is CC(Nc1ccc(Oc2ccccc2)cc1)C(=O)N1CCCCC1. The Bertz CT molecular complexity index is 649. The number of hydrogen-bond donors (Lipinski definition) is 1. The van der Waals surface area contributed by atoms with Crippen molar-refractivity contribution in [1.29, 1.82) is 0 Å². The van der Waals surface area contributed by atoms with Crippen molar-refractivity contribution in [2.24, 2.45) is 0 Å². The lowest BCUT2D eigenvalue weighted by atomic mass is 10.1. The van der Waals surface area contributed by atoms with Crippen LogP contribution in [0.4, 0.5) is 5.69 Å². The van der Waals surface area contributed by atoms with E-state index in [0.717, 1.165) is 43.1 Å². The van der Waals surface area contributed by atoms with E-state index in [1.807, 2.05) is 66.4 Å². The molecule has 0 aliphatic carbocycles. The number of nitrogens with one attached hydrogen (secondary N) is 1. The molecule has 1 atom stereocenters. The second kappa shape index (κ2) is 7.86. The predicted octanol–water partition coefficient (Wildman–Crippen LogP) is 4.29. The molecule has 1 N–H and O–H groups in total. The van der Waals surface area contributed by atoms with Gasteiger partial charge in [0.25, 0.3) is 0 Å². The zero-order valence-electron chi connectivity index (χ0n) is 14.1. The van der Waals surface area contributed by atoms with Crippen molar-refractivity contribution in [2.75, 3.05) is 18.4 Å². The second-order valence-corrected chi connectivity index (χ2v) is 6.19. The van der Waals surface area contributed by atoms with E-state index in [4.69, 9.17) is 4.74 Å². The van der Waals surface area contributed by atoms with Crippen molar-refractivity contribution >= 4 is 11.6 Å². The molecule has 1 unspecified atom stereocenters. The van der Waals surface area contributed by atoms with E-state index in [-0.39, 0.29) is 11.9 Å². The van der Waals surface area contributed by atoms with Gasteiger partial charge in [-0.1, -0.05) is 18.2 Å². The Labute approximate surface area is 143 Å². The molecule has 24 heavy (non-hydrogen) atoms. The fourth-order valence-electron chi connectivity index (χ4n) is 2.94. The summed E-state index contributed by atoms with van der Waals surface area (Å²) in [4.78, 5) is 14.4. The van der Waals surface area contributed by atoms with Crippen molar-refractivity contribution < 1.29 is 9.53 Å². The van der Waals surface area contributed by atoms with Crippen molar-refractivity contribution in [3.05, 3.63) is 54.6 Å². The van der Waals surface area contributed by atoms with Gasteiger partial charge in [0, 0.05) is 18.8 Å². The van der Waals surface area contributed by atoms with Crippen LogP contribution in [0.15, 0.2) is 54.6 Å². The average Bonchev–Trinajstić information content (AvgIpc) is 2.64. The van der Waals surface area contributed by atoms with E-state index in [0.29, 0.717) is 0 Å². The Morgan fingerprint density at radius 1 is 0.958 bits per heavy atom. The summed E-state index contributed by atoms with van der Waals surface area (Å²) in [6, 6.07) is 17.2. The number of anilines is 1. The maximum atomic E-state index is 12.4. The van der Waals surface area contributed by atoms with Crippen LogP contribution >= 0.6 is 0 Å². The highest BCUT2D eigenvalue weighted by Crippen LogP contribution is 2.23. The van der Waals surface area contributed by atoms with Crippen LogP contribution in [0, 0.1) is 0 Å². The summed E-state index contributed by atoms with van der Waals surface area (Å²) in [7, 11) is 0. The molecule has 0 bridgehead atoms. The van der Waals surface area contributed by atoms with Gasteiger partial charge in [-0.05, 0) is 62.6 Å². The molecule has 0 saturated carbocycles. The zero-order chi connectivity index (χ0) is 16.8. The van der Waals surface area contributed by atoms with Crippen LogP contribution in [0.3, 0.4) is 0 Å². The van der Waals surface area contributed by atoms with Crippen LogP contribution in [0.2, 0.25) is 0 Å². The van der Waals surface area contributed by atoms with E-state index >= 15 is 0 Å². The summed E-state index contributed by atoms with van der Waals surface area (Å²) in [6.45, 7) is 3.69. The molecule has 1 aliphatic heterocycles. The van der Waals surface area contributed by atoms with E-state index in [1.165, 1.54) is 6.42 Å². The molecule has 1 fully saturated rings. The average molecular weight is 324 g/mol. The largest absolute Gasteiger partial charge is 0.457 e. The molecule has 2 aromatic carbocycles. The van der Waals surface area contributed by atoms with Gasteiger partial charge < -0.3 is 15.0 Å². The molecular weight excluding hydrogens is 300 g/mol. The number of benzene rings is 2. The lowest BCUT2D eigenvalue weighted by Crippen LogP contribution is -2.43. The minimum atomic E-state index is -0.219. The summed E-state index contributed by atoms with van der Waals surface area (Å²) >= 11 is 0. The fourth-order valence-corrected chi connectivity index (χ4v) is 2.94. The molecule has 1 aliphatic rings. The van der Waals surface area contributed by atoms with Gasteiger partial charge in [-0.2, -0.15) is 0 Å². The van der Waals surface area contributed by atoms with Gasteiger partial charge in [0.2, 0.25) is 5.91 Å². The van der Waals surface area contributed by atoms with Crippen LogP contribution in [0.1, 0.15) is 26.2 Å². The molecule has 4 heteroatoms. The van der Waals surface area contributed by atoms with Gasteiger partial charge in [-0.3, -0.25) is 4.79 Å². The number of piperidine rings is 1. The maximum absolute atomic E-state index is 12.4. The minimum absolute atomic E-state index is 0.180. The maximum Gasteiger partial charge on any atom is 0.244 e. The third kappa shape index (κ3) is 4.28. The lowest BCUT2D eigenvalue weighted by Gasteiger charge is -2.29. The number of hydrogen-bond acceptors (Lipinski definition) is 3. The Balaban J connectivity index is 1.56. The molecule has 0 spiro atoms. The number of carbonyl (C=O) groups excluding carboxylic acids is 1. The quantitative estimate of drug-likeness (QED) is 0.892. The summed E-state index contributed by atoms with van der Waals surface area (Å²) in [6.07, 6.45) is 3.46. The highest BCUT2D eigenvalue weighted by atomic mass is 16.5. The van der Waals surface area contributed by atoms with Crippen LogP contribution in [0.25, 0.3) is 0 Å². The summed E-state index contributed by atoms with van der Waals surface area (Å²) in [5, 5.41) is 3.28. The molecule has 2 aromatic rings. The van der Waals surface area contributed by atoms with Crippen molar-refractivity contribution in [3.8, 4) is 11.5 Å². The molecule has 4 nitrogen and oxygen atoms in total. The van der Waals surface area contributed by atoms with Crippen LogP contribution in [-0.4, -0.2) is 29.9 Å². The number of rotatable bonds is 5. The van der Waals surface area contributed by atoms with Gasteiger partial charge in [0.05, 0.1) is 0 Å². The lowest BCUT2D eigenvalue weighted by molar-refractivity contribution is -0.132. The molecule has 3 rings (SSSR count). The first kappa shape index (κ1) is 16.4. The second-order valence-electron chi connectivity index (χ2n) is 6.19. The van der Waals surface area contributed by atoms with Crippen molar-refractivity contribution in [3.63, 3.8) is 0 Å². The highest BCUT2D eigenvalue weighted by Gasteiger charge is 2.21. The summed E-state index contributed by atoms with van der Waals surface area (Å²) in [5.41, 5.74) is 0.924. The van der Waals surface area contributed by atoms with Gasteiger partial charge in [-0.25, -0.2) is 0 Å². The molecule has 0 radical (unpaired) electrons. The summed E-state index contributed by atoms with van der Waals surface area (Å²) in [5.74, 6) is 1.77. The van der Waals surface area contributed by atoms with Gasteiger partial charge in [0.15, 0.2) is 0 Å². The Hall–Kier alpha value is -2.49. The van der Waals surface area contributed by atoms with E-state index in [1.54, 1.807) is 0 Å². The van der Waals surface area contributed by atoms with Crippen molar-refractivity contribution in [2.45, 2.75) is 32.2 Å². The normalized spacial score (nSPS) is 15.6. The standard InChI is InChI=1S/C20H24N2O2/c1-16(20(23)22-14-6-3-7-15-22)21-17-10-12-19(13-11-17)24-18-8-4-2-5-9-18/h2,4-5,8-13,16,21H,3,6-7,14-15H2,1H3. The smallest absolute Gasteiger partial charge is 0.244 e. The number of amides is 1. The molecule has 0 aromatic heterocycles. The Morgan fingerprint density at radius 3 is 2.25 bits per heavy atom. The highest BCUT2D eigenvalue weighted by molar-refractivity contribution is 5.84. The molecule has 126 valence electrons. The van der Waals surface area contributed by atoms with Gasteiger partial charge in [-0.15, -0.1) is 0 Å². The monoisotopic (exact) mass is 324 g/mol. The first-order chi connectivity index (χ1) is 11.7. The summed E-state index contributed by atoms with van der Waals surface area (Å²) < 4.78 is 5.78. The van der Waals surface area contributed by atoms with Gasteiger partial charge >= 0.3 is 0 Å². The number of para-hydroxylation sites is 1. The third-order valence-corrected chi connectivity index (χ3v) is 4.25. The van der Waals surface area contributed by atoms with Crippen LogP contribution in [-0.2, 0) is 4.79 Å². The Morgan fingerprint density at radius 2 is 1.58 bits per heavy atom. The molecule has 1 saturated heterocycles. The van der Waals surface area contributed by atoms with E-state index in [9.17, 15) is 4.79 Å². The number of likely N-dealkylation sites (tertiary alicyclic amines) is 1. The minimum Gasteiger partial charge on any atom is -0.457 e. The van der Waals surface area contributed by atoms with Crippen LogP contribution < -0.4 is 10.1 Å². The number of nitrogens with zero attached hydrogens (tertiary/aromatic N) is 1. The molecular formula is C20H24N2O2. The first-order valence-corrected chi connectivity index (χ1v) is 8.61. The topological polar surface area (TPSA) is 41.6 Å². The van der Waals surface area contributed by atoms with Crippen molar-refractivity contribution in [1.82, 2.24) is 4.90 Å². The fraction of sp³-hybridized carbons (Fsp3) is 0.350. The number of ether oxygens (including phenoxy) is 1. The third-order valence-electron chi connectivity index (χ3n) is 4.25. The number of carbonyl (C=O) groups is 1. The van der Waals surface area contributed by atoms with Gasteiger partial charge in [0.1, 0.15) is 17.5 Å².